The molecule has 5 nitrogen and oxygen atoms in total. The molecular weight excluding hydrogens is 820 g/mol. The first-order valence-corrected chi connectivity index (χ1v) is 17.4. The zero-order valence-corrected chi connectivity index (χ0v) is 32.5. The third-order valence-electron chi connectivity index (χ3n) is 9.30. The minimum Gasteiger partial charge on any atom is -0.509 e. The van der Waals surface area contributed by atoms with Crippen LogP contribution in [0.4, 0.5) is 0 Å². The Kier molecular flexibility index (Phi) is 9.27. The Morgan fingerprint density at radius 3 is 2.00 bits per heavy atom. The summed E-state index contributed by atoms with van der Waals surface area (Å²) in [6, 6.07) is 50.8. The van der Waals surface area contributed by atoms with Crippen LogP contribution in [0.5, 0.6) is 11.5 Å². The predicted molar refractivity (Wildman–Crippen MR) is 208 cm³/mol. The van der Waals surface area contributed by atoms with E-state index in [1.807, 2.05) is 41.2 Å². The molecule has 0 atom stereocenters. The van der Waals surface area contributed by atoms with Gasteiger partial charge in [-0.2, -0.15) is 17.2 Å². The van der Waals surface area contributed by atoms with Gasteiger partial charge in [0.2, 0.25) is 0 Å². The summed E-state index contributed by atoms with van der Waals surface area (Å²) >= 11 is 0. The molecule has 8 rings (SSSR count). The number of benzene rings is 5. The van der Waals surface area contributed by atoms with Crippen molar-refractivity contribution in [2.45, 2.75) is 52.4 Å². The van der Waals surface area contributed by atoms with Gasteiger partial charge in [-0.25, -0.2) is 4.98 Å². The monoisotopic (exact) mass is 859 g/mol. The first-order chi connectivity index (χ1) is 24.6. The number of rotatable bonds is 6. The maximum Gasteiger partial charge on any atom is 2.00 e. The van der Waals surface area contributed by atoms with Gasteiger partial charge in [-0.15, -0.1) is 35.7 Å². The van der Waals surface area contributed by atoms with Crippen molar-refractivity contribution < 1.29 is 25.8 Å². The van der Waals surface area contributed by atoms with E-state index in [2.05, 4.69) is 155 Å². The molecule has 3 heterocycles. The zero-order valence-electron chi connectivity index (χ0n) is 30.2. The van der Waals surface area contributed by atoms with Gasteiger partial charge in [-0.3, -0.25) is 4.68 Å². The van der Waals surface area contributed by atoms with E-state index in [0.717, 1.165) is 61.4 Å². The molecule has 0 saturated heterocycles. The molecule has 0 spiro atoms. The van der Waals surface area contributed by atoms with Crippen molar-refractivity contribution in [1.29, 1.82) is 0 Å². The predicted octanol–water partition coefficient (Wildman–Crippen LogP) is 11.7. The van der Waals surface area contributed by atoms with E-state index in [0.29, 0.717) is 11.5 Å². The molecule has 8 aromatic rings. The van der Waals surface area contributed by atoms with E-state index in [9.17, 15) is 0 Å². The number of hydrogen-bond acceptors (Lipinski definition) is 3. The molecule has 0 unspecified atom stereocenters. The number of hydrogen-bond donors (Lipinski definition) is 0. The summed E-state index contributed by atoms with van der Waals surface area (Å²) in [5.41, 5.74) is 9.09. The van der Waals surface area contributed by atoms with Crippen LogP contribution in [0, 0.1) is 12.1 Å². The van der Waals surface area contributed by atoms with Crippen LogP contribution in [-0.2, 0) is 31.9 Å². The summed E-state index contributed by atoms with van der Waals surface area (Å²) in [6.45, 7) is 13.4. The Hall–Kier alpha value is -5.25. The van der Waals surface area contributed by atoms with Crippen LogP contribution >= 0.6 is 0 Å². The first kappa shape index (κ1) is 35.2. The van der Waals surface area contributed by atoms with Gasteiger partial charge in [0.25, 0.3) is 0 Å². The van der Waals surface area contributed by atoms with Gasteiger partial charge in [0.05, 0.1) is 5.69 Å². The van der Waals surface area contributed by atoms with E-state index >= 15 is 0 Å². The Morgan fingerprint density at radius 2 is 1.29 bits per heavy atom. The van der Waals surface area contributed by atoms with Crippen LogP contribution in [0.15, 0.2) is 134 Å². The van der Waals surface area contributed by atoms with Crippen molar-refractivity contribution >= 4 is 21.8 Å². The molecule has 0 N–H and O–H groups in total. The van der Waals surface area contributed by atoms with Gasteiger partial charge in [-0.1, -0.05) is 126 Å². The standard InChI is InChI=1S/C46H40N4O.Pt/c1-45(2,3)33-26-27-47-41(28-33)49-39-23-14-13-22-37(39)38-25-24-36(30-40(38)49)51-35-21-15-20-34(29-35)50-44(46(4,5)6)42(31-16-9-7-10-17-31)43(48-50)32-18-11-8-12-19-32;/h7-28H,1-6H3;/q-2;+2. The van der Waals surface area contributed by atoms with E-state index in [-0.39, 0.29) is 31.9 Å². The maximum atomic E-state index is 6.56. The molecule has 0 fully saturated rings. The Balaban J connectivity index is 0.00000420. The van der Waals surface area contributed by atoms with Gasteiger partial charge in [0.15, 0.2) is 0 Å². The fourth-order valence-electron chi connectivity index (χ4n) is 6.88. The van der Waals surface area contributed by atoms with Gasteiger partial charge in [-0.05, 0) is 45.8 Å². The van der Waals surface area contributed by atoms with Crippen molar-refractivity contribution in [2.75, 3.05) is 0 Å². The van der Waals surface area contributed by atoms with Crippen molar-refractivity contribution in [3.05, 3.63) is 157 Å². The quantitative estimate of drug-likeness (QED) is 0.157. The molecular formula is C46H40N4OPt. The van der Waals surface area contributed by atoms with Gasteiger partial charge < -0.3 is 9.30 Å². The number of para-hydroxylation sites is 1. The van der Waals surface area contributed by atoms with Gasteiger partial charge >= 0.3 is 21.1 Å². The van der Waals surface area contributed by atoms with Crippen LogP contribution in [-0.4, -0.2) is 19.3 Å². The molecule has 5 aromatic carbocycles. The second-order valence-corrected chi connectivity index (χ2v) is 15.1. The van der Waals surface area contributed by atoms with Crippen LogP contribution in [0.1, 0.15) is 52.8 Å². The molecule has 0 saturated carbocycles. The third-order valence-corrected chi connectivity index (χ3v) is 9.30. The van der Waals surface area contributed by atoms with Crippen LogP contribution in [0.2, 0.25) is 0 Å². The van der Waals surface area contributed by atoms with Crippen molar-refractivity contribution in [3.8, 4) is 45.4 Å². The second-order valence-electron chi connectivity index (χ2n) is 15.1. The van der Waals surface area contributed by atoms with Gasteiger partial charge in [0.1, 0.15) is 11.5 Å². The maximum absolute atomic E-state index is 6.56. The van der Waals surface area contributed by atoms with Crippen molar-refractivity contribution in [1.82, 2.24) is 19.3 Å². The minimum absolute atomic E-state index is 0. The summed E-state index contributed by atoms with van der Waals surface area (Å²) < 4.78 is 10.8. The summed E-state index contributed by atoms with van der Waals surface area (Å²) in [6.07, 6.45) is 1.89. The summed E-state index contributed by atoms with van der Waals surface area (Å²) in [5.74, 6) is 2.03. The number of pyridine rings is 1. The molecule has 0 bridgehead atoms. The molecule has 3 aromatic heterocycles. The fourth-order valence-corrected chi connectivity index (χ4v) is 6.88. The molecule has 52 heavy (non-hydrogen) atoms. The number of aromatic nitrogens is 4. The first-order valence-electron chi connectivity index (χ1n) is 17.4. The van der Waals surface area contributed by atoms with E-state index in [4.69, 9.17) is 14.8 Å². The average Bonchev–Trinajstić information content (AvgIpc) is 3.70. The number of nitrogens with zero attached hydrogens (tertiary/aromatic N) is 4. The Morgan fingerprint density at radius 1 is 0.615 bits per heavy atom. The summed E-state index contributed by atoms with van der Waals surface area (Å²) in [4.78, 5) is 4.82. The second kappa shape index (κ2) is 13.7. The van der Waals surface area contributed by atoms with E-state index in [1.165, 1.54) is 5.56 Å². The Labute approximate surface area is 320 Å². The normalized spacial score (nSPS) is 11.9. The summed E-state index contributed by atoms with van der Waals surface area (Å²) in [5, 5.41) is 7.52. The SMILES string of the molecule is CC(C)(C)c1ccnc(-n2c3[c-]c(Oc4[c-]c(-n5nc(-c6ccccc6)c(-c6ccccc6)c5C(C)(C)C)ccc4)ccc3c3ccccc32)c1.[Pt+2]. The minimum atomic E-state index is -0.236. The van der Waals surface area contributed by atoms with E-state index < -0.39 is 0 Å². The van der Waals surface area contributed by atoms with Gasteiger partial charge in [0, 0.05) is 39.8 Å². The van der Waals surface area contributed by atoms with Crippen molar-refractivity contribution in [2.24, 2.45) is 0 Å². The smallest absolute Gasteiger partial charge is 0.509 e. The molecule has 0 aliphatic heterocycles. The largest absolute Gasteiger partial charge is 2.00 e. The molecule has 0 aliphatic rings. The summed E-state index contributed by atoms with van der Waals surface area (Å²) in [7, 11) is 0. The molecule has 0 amide bonds. The van der Waals surface area contributed by atoms with Crippen molar-refractivity contribution in [3.63, 3.8) is 0 Å². The fraction of sp³-hybridized carbons (Fsp3) is 0.174. The van der Waals surface area contributed by atoms with Crippen LogP contribution in [0.25, 0.3) is 55.7 Å². The topological polar surface area (TPSA) is 44.9 Å². The van der Waals surface area contributed by atoms with E-state index in [1.54, 1.807) is 0 Å². The third kappa shape index (κ3) is 6.50. The molecule has 6 heteroatoms. The molecule has 0 radical (unpaired) electrons. The average molecular weight is 860 g/mol. The van der Waals surface area contributed by atoms with Crippen LogP contribution < -0.4 is 4.74 Å². The number of fused-ring (bicyclic) bond motifs is 3. The zero-order chi connectivity index (χ0) is 35.3. The Bertz CT molecular complexity index is 2520. The number of ether oxygens (including phenoxy) is 1. The molecule has 260 valence electrons. The van der Waals surface area contributed by atoms with Crippen LogP contribution in [0.3, 0.4) is 0 Å². The molecule has 0 aliphatic carbocycles.